The highest BCUT2D eigenvalue weighted by molar-refractivity contribution is 6.06. The second kappa shape index (κ2) is 10.9. The number of imide groups is 1. The summed E-state index contributed by atoms with van der Waals surface area (Å²) in [6, 6.07) is 15.1. The monoisotopic (exact) mass is 573 g/mol. The van der Waals surface area contributed by atoms with E-state index in [1.807, 2.05) is 19.9 Å². The summed E-state index contributed by atoms with van der Waals surface area (Å²) >= 11 is 0. The molecule has 42 heavy (non-hydrogen) atoms. The Morgan fingerprint density at radius 1 is 1.05 bits per heavy atom. The number of carbonyl (C=O) groups excluding carboxylic acids is 2. The molecule has 3 aromatic rings. The van der Waals surface area contributed by atoms with Gasteiger partial charge in [-0.2, -0.15) is 0 Å². The third-order valence-corrected chi connectivity index (χ3v) is 9.67. The maximum atomic E-state index is 16.3. The van der Waals surface area contributed by atoms with E-state index in [0.717, 1.165) is 32.5 Å². The van der Waals surface area contributed by atoms with Crippen molar-refractivity contribution in [1.82, 2.24) is 15.2 Å². The van der Waals surface area contributed by atoms with E-state index in [1.165, 1.54) is 10.6 Å². The molecular weight excluding hydrogens is 533 g/mol. The Morgan fingerprint density at radius 3 is 2.48 bits per heavy atom. The van der Waals surface area contributed by atoms with Gasteiger partial charge in [0.05, 0.1) is 22.5 Å². The minimum atomic E-state index is -1.36. The molecule has 1 unspecified atom stereocenters. The number of halogens is 1. The number of para-hydroxylation sites is 1. The summed E-state index contributed by atoms with van der Waals surface area (Å²) in [6.45, 7) is 10.4. The first-order valence-corrected chi connectivity index (χ1v) is 15.0. The van der Waals surface area contributed by atoms with Crippen LogP contribution in [0.1, 0.15) is 50.8 Å². The van der Waals surface area contributed by atoms with Crippen molar-refractivity contribution in [3.05, 3.63) is 65.6 Å². The molecule has 0 saturated carbocycles. The van der Waals surface area contributed by atoms with Gasteiger partial charge in [0.2, 0.25) is 5.91 Å². The second-order valence-corrected chi connectivity index (χ2v) is 12.8. The summed E-state index contributed by atoms with van der Waals surface area (Å²) in [7, 11) is 0. The summed E-state index contributed by atoms with van der Waals surface area (Å²) in [5.74, 6) is -0.240. The molecule has 222 valence electrons. The lowest BCUT2D eigenvalue weighted by atomic mass is 9.66. The van der Waals surface area contributed by atoms with E-state index in [0.29, 0.717) is 42.3 Å². The second-order valence-electron chi connectivity index (χ2n) is 12.8. The number of anilines is 2. The van der Waals surface area contributed by atoms with E-state index in [1.54, 1.807) is 25.1 Å². The van der Waals surface area contributed by atoms with E-state index >= 15 is 4.39 Å². The molecule has 3 aliphatic heterocycles. The minimum absolute atomic E-state index is 0.169. The molecule has 0 spiro atoms. The number of carbonyl (C=O) groups is 2. The van der Waals surface area contributed by atoms with Gasteiger partial charge in [-0.3, -0.25) is 20.0 Å². The molecule has 8 nitrogen and oxygen atoms in total. The molecule has 4 heterocycles. The number of benzene rings is 2. The Hall–Kier alpha value is -3.56. The first-order valence-electron chi connectivity index (χ1n) is 15.0. The molecule has 0 aliphatic carbocycles. The van der Waals surface area contributed by atoms with Gasteiger partial charge in [-0.25, -0.2) is 9.18 Å². The number of aromatic nitrogens is 1. The van der Waals surface area contributed by atoms with Crippen LogP contribution in [0.4, 0.5) is 20.6 Å². The van der Waals surface area contributed by atoms with Crippen LogP contribution in [0.5, 0.6) is 0 Å². The van der Waals surface area contributed by atoms with Gasteiger partial charge in [-0.1, -0.05) is 38.1 Å². The number of nitrogens with zero attached hydrogens (tertiary/aromatic N) is 4. The molecule has 2 N–H and O–H groups in total. The number of piperidine rings is 2. The van der Waals surface area contributed by atoms with Crippen LogP contribution in [-0.4, -0.2) is 66.2 Å². The van der Waals surface area contributed by atoms with Crippen molar-refractivity contribution in [2.45, 2.75) is 52.1 Å². The number of fused-ring (bicyclic) bond motifs is 1. The predicted octanol–water partition coefficient (Wildman–Crippen LogP) is 4.96. The number of hydrogen-bond donors (Lipinski definition) is 2. The van der Waals surface area contributed by atoms with E-state index in [9.17, 15) is 14.7 Å². The lowest BCUT2D eigenvalue weighted by Gasteiger charge is -2.51. The number of aliphatic hydroxyl groups is 1. The molecule has 1 atom stereocenters. The maximum absolute atomic E-state index is 16.3. The third kappa shape index (κ3) is 5.13. The molecule has 1 aromatic heterocycles. The number of likely N-dealkylation sites (tertiary alicyclic amines) is 1. The Labute approximate surface area is 246 Å². The molecule has 0 bridgehead atoms. The normalized spacial score (nSPS) is 23.8. The number of urea groups is 1. The summed E-state index contributed by atoms with van der Waals surface area (Å²) in [4.78, 5) is 35.1. The van der Waals surface area contributed by atoms with E-state index in [-0.39, 0.29) is 29.8 Å². The van der Waals surface area contributed by atoms with E-state index < -0.39 is 22.9 Å². The van der Waals surface area contributed by atoms with Gasteiger partial charge in [-0.15, -0.1) is 0 Å². The van der Waals surface area contributed by atoms with Gasteiger partial charge < -0.3 is 14.9 Å². The van der Waals surface area contributed by atoms with Crippen LogP contribution in [-0.2, 0) is 10.4 Å². The van der Waals surface area contributed by atoms with Gasteiger partial charge >= 0.3 is 6.03 Å². The quantitative estimate of drug-likeness (QED) is 0.449. The van der Waals surface area contributed by atoms with E-state index in [4.69, 9.17) is 0 Å². The van der Waals surface area contributed by atoms with Crippen LogP contribution >= 0.6 is 0 Å². The Morgan fingerprint density at radius 2 is 1.79 bits per heavy atom. The number of aryl methyl sites for hydroxylation is 1. The van der Waals surface area contributed by atoms with Crippen molar-refractivity contribution in [3.63, 3.8) is 0 Å². The van der Waals surface area contributed by atoms with Crippen molar-refractivity contribution in [1.29, 1.82) is 0 Å². The SMILES string of the molecule is Cc1nc2ccc(C3(O)CCN(CC4CCN(c5ccccc5)CC4)CC3(C)C)c(F)c2cc1N1CCC(=O)NC1=O. The number of hydrogen-bond acceptors (Lipinski definition) is 6. The van der Waals surface area contributed by atoms with Gasteiger partial charge in [0.15, 0.2) is 0 Å². The van der Waals surface area contributed by atoms with Gasteiger partial charge in [0.1, 0.15) is 5.82 Å². The maximum Gasteiger partial charge on any atom is 0.328 e. The molecular formula is C33H40FN5O3. The Balaban J connectivity index is 1.19. The first-order chi connectivity index (χ1) is 20.1. The van der Waals surface area contributed by atoms with Crippen LogP contribution in [0.3, 0.4) is 0 Å². The highest BCUT2D eigenvalue weighted by Crippen LogP contribution is 2.48. The van der Waals surface area contributed by atoms with Gasteiger partial charge in [0.25, 0.3) is 0 Å². The van der Waals surface area contributed by atoms with Crippen LogP contribution in [0.25, 0.3) is 10.9 Å². The molecule has 3 fully saturated rings. The number of nitrogens with one attached hydrogen (secondary N) is 1. The topological polar surface area (TPSA) is 89.0 Å². The summed E-state index contributed by atoms with van der Waals surface area (Å²) in [5, 5.41) is 14.7. The first kappa shape index (κ1) is 28.6. The fourth-order valence-electron chi connectivity index (χ4n) is 7.14. The highest BCUT2D eigenvalue weighted by atomic mass is 19.1. The molecule has 9 heteroatoms. The summed E-state index contributed by atoms with van der Waals surface area (Å²) in [5.41, 5.74) is 1.09. The zero-order chi connectivity index (χ0) is 29.6. The van der Waals surface area contributed by atoms with Crippen molar-refractivity contribution in [3.8, 4) is 0 Å². The molecule has 3 amide bonds. The van der Waals surface area contributed by atoms with Gasteiger partial charge in [-0.05, 0) is 56.4 Å². The molecule has 3 aliphatic rings. The fourth-order valence-corrected chi connectivity index (χ4v) is 7.14. The molecule has 0 radical (unpaired) electrons. The molecule has 2 aromatic carbocycles. The van der Waals surface area contributed by atoms with Crippen molar-refractivity contribution < 1.29 is 19.1 Å². The minimum Gasteiger partial charge on any atom is -0.384 e. The summed E-state index contributed by atoms with van der Waals surface area (Å²) < 4.78 is 16.3. The smallest absolute Gasteiger partial charge is 0.328 e. The lowest BCUT2D eigenvalue weighted by molar-refractivity contribution is -0.129. The van der Waals surface area contributed by atoms with Crippen LogP contribution in [0, 0.1) is 24.1 Å². The molecule has 3 saturated heterocycles. The largest absolute Gasteiger partial charge is 0.384 e. The average Bonchev–Trinajstić information content (AvgIpc) is 2.96. The average molecular weight is 574 g/mol. The predicted molar refractivity (Wildman–Crippen MR) is 162 cm³/mol. The fraction of sp³-hybridized carbons (Fsp3) is 0.485. The number of rotatable bonds is 5. The van der Waals surface area contributed by atoms with Crippen LogP contribution < -0.4 is 15.1 Å². The van der Waals surface area contributed by atoms with Crippen LogP contribution in [0.2, 0.25) is 0 Å². The number of amides is 3. The Bertz CT molecular complexity index is 1500. The van der Waals surface area contributed by atoms with E-state index in [2.05, 4.69) is 44.4 Å². The van der Waals surface area contributed by atoms with Crippen LogP contribution in [0.15, 0.2) is 48.5 Å². The standard InChI is InChI=1S/C33H40FN5O3/c1-22-28(39-17-13-29(40)36-31(39)41)19-25-27(35-22)10-9-26(30(25)34)33(42)14-18-37(21-32(33,2)3)20-23-11-15-38(16-12-23)24-7-5-4-6-8-24/h4-10,19,23,42H,11-18,20-21H2,1-3H3,(H,36,40,41). The third-order valence-electron chi connectivity index (χ3n) is 9.67. The zero-order valence-electron chi connectivity index (χ0n) is 24.7. The zero-order valence-corrected chi connectivity index (χ0v) is 24.7. The summed E-state index contributed by atoms with van der Waals surface area (Å²) in [6.07, 6.45) is 2.86. The Kier molecular flexibility index (Phi) is 7.43. The molecule has 6 rings (SSSR count). The number of pyridine rings is 1. The highest BCUT2D eigenvalue weighted by Gasteiger charge is 2.50. The lowest BCUT2D eigenvalue weighted by Crippen LogP contribution is -2.56. The van der Waals surface area contributed by atoms with Gasteiger partial charge in [0, 0.05) is 67.7 Å². The van der Waals surface area contributed by atoms with Crippen molar-refractivity contribution in [2.24, 2.45) is 11.3 Å². The van der Waals surface area contributed by atoms with Crippen molar-refractivity contribution >= 4 is 34.2 Å². The van der Waals surface area contributed by atoms with Crippen molar-refractivity contribution in [2.75, 3.05) is 49.1 Å².